The summed E-state index contributed by atoms with van der Waals surface area (Å²) in [5.41, 5.74) is 4.44. The summed E-state index contributed by atoms with van der Waals surface area (Å²) in [5, 5.41) is 0. The van der Waals surface area contributed by atoms with Crippen molar-refractivity contribution in [3.63, 3.8) is 0 Å². The fraction of sp³-hybridized carbons (Fsp3) is 0.200. The zero-order valence-corrected chi connectivity index (χ0v) is 14.2. The van der Waals surface area contributed by atoms with Gasteiger partial charge in [-0.15, -0.1) is 0 Å². The molecule has 0 aromatic heterocycles. The van der Waals surface area contributed by atoms with Crippen LogP contribution in [0.3, 0.4) is 0 Å². The molecule has 0 radical (unpaired) electrons. The maximum Gasteiger partial charge on any atom is 0.161 e. The Morgan fingerprint density at radius 2 is 1.52 bits per heavy atom. The second kappa shape index (κ2) is 7.54. The van der Waals surface area contributed by atoms with Gasteiger partial charge >= 0.3 is 0 Å². The Morgan fingerprint density at radius 1 is 0.913 bits per heavy atom. The third kappa shape index (κ3) is 3.75. The molecule has 120 valence electrons. The molecule has 0 bridgehead atoms. The monoisotopic (exact) mass is 309 g/mol. The van der Waals surface area contributed by atoms with E-state index in [-0.39, 0.29) is 0 Å². The van der Waals surface area contributed by atoms with E-state index in [0.29, 0.717) is 5.75 Å². The first-order valence-corrected chi connectivity index (χ1v) is 7.43. The highest BCUT2D eigenvalue weighted by Crippen LogP contribution is 2.33. The Kier molecular flexibility index (Phi) is 5.47. The lowest BCUT2D eigenvalue weighted by Gasteiger charge is -2.15. The average molecular weight is 309 g/mol. The van der Waals surface area contributed by atoms with Gasteiger partial charge in [-0.1, -0.05) is 36.9 Å². The van der Waals surface area contributed by atoms with Crippen LogP contribution in [-0.4, -0.2) is 28.3 Å². The molecule has 0 fully saturated rings. The highest BCUT2D eigenvalue weighted by Gasteiger charge is 2.10. The van der Waals surface area contributed by atoms with Crippen LogP contribution in [-0.2, 0) is 0 Å². The fourth-order valence-corrected chi connectivity index (χ4v) is 2.42. The van der Waals surface area contributed by atoms with Gasteiger partial charge in [-0.25, -0.2) is 0 Å². The highest BCUT2D eigenvalue weighted by molar-refractivity contribution is 5.82. The van der Waals surface area contributed by atoms with Gasteiger partial charge in [0.05, 0.1) is 14.2 Å². The van der Waals surface area contributed by atoms with Gasteiger partial charge in [0.2, 0.25) is 0 Å². The number of ether oxygens (including phenoxy) is 2. The number of benzene rings is 2. The van der Waals surface area contributed by atoms with Crippen molar-refractivity contribution in [3.05, 3.63) is 72.3 Å². The minimum Gasteiger partial charge on any atom is -0.493 e. The largest absolute Gasteiger partial charge is 0.493 e. The van der Waals surface area contributed by atoms with Crippen molar-refractivity contribution in [2.45, 2.75) is 0 Å². The van der Waals surface area contributed by atoms with Crippen LogP contribution < -0.4 is 14.4 Å². The SMILES string of the molecule is C=CC=C(c1ccc(N(C)C)cc1)c1ccc(OC)c(OC)c1. The molecule has 0 saturated carbocycles. The number of hydrogen-bond donors (Lipinski definition) is 0. The van der Waals surface area contributed by atoms with Crippen LogP contribution in [0, 0.1) is 0 Å². The van der Waals surface area contributed by atoms with E-state index in [1.165, 1.54) is 5.69 Å². The topological polar surface area (TPSA) is 21.7 Å². The van der Waals surface area contributed by atoms with Crippen molar-refractivity contribution in [3.8, 4) is 11.5 Å². The van der Waals surface area contributed by atoms with Crippen LogP contribution in [0.1, 0.15) is 11.1 Å². The third-order valence-corrected chi connectivity index (χ3v) is 3.67. The van der Waals surface area contributed by atoms with Crippen molar-refractivity contribution in [2.75, 3.05) is 33.2 Å². The maximum atomic E-state index is 5.41. The van der Waals surface area contributed by atoms with Crippen molar-refractivity contribution < 1.29 is 9.47 Å². The first-order chi connectivity index (χ1) is 11.1. The lowest BCUT2D eigenvalue weighted by Crippen LogP contribution is -2.08. The van der Waals surface area contributed by atoms with Gasteiger partial charge in [-0.3, -0.25) is 0 Å². The molecule has 0 unspecified atom stereocenters. The van der Waals surface area contributed by atoms with E-state index in [1.54, 1.807) is 20.3 Å². The smallest absolute Gasteiger partial charge is 0.161 e. The Hall–Kier alpha value is -2.68. The van der Waals surface area contributed by atoms with Gasteiger partial charge in [0.25, 0.3) is 0 Å². The molecular formula is C20H23NO2. The van der Waals surface area contributed by atoms with Crippen LogP contribution in [0.5, 0.6) is 11.5 Å². The van der Waals surface area contributed by atoms with Crippen LogP contribution in [0.2, 0.25) is 0 Å². The number of allylic oxidation sites excluding steroid dienone is 2. The second-order valence-electron chi connectivity index (χ2n) is 5.33. The molecule has 2 aromatic rings. The average Bonchev–Trinajstić information content (AvgIpc) is 2.59. The van der Waals surface area contributed by atoms with Crippen molar-refractivity contribution in [1.82, 2.24) is 0 Å². The summed E-state index contributed by atoms with van der Waals surface area (Å²) in [5.74, 6) is 1.43. The second-order valence-corrected chi connectivity index (χ2v) is 5.33. The minimum absolute atomic E-state index is 0.713. The highest BCUT2D eigenvalue weighted by atomic mass is 16.5. The molecule has 0 aliphatic carbocycles. The summed E-state index contributed by atoms with van der Waals surface area (Å²) in [7, 11) is 7.34. The Labute approximate surface area is 138 Å². The van der Waals surface area contributed by atoms with Crippen LogP contribution in [0.4, 0.5) is 5.69 Å². The molecule has 0 N–H and O–H groups in total. The van der Waals surface area contributed by atoms with E-state index in [1.807, 2.05) is 38.4 Å². The van der Waals surface area contributed by atoms with E-state index in [4.69, 9.17) is 9.47 Å². The summed E-state index contributed by atoms with van der Waals surface area (Å²) >= 11 is 0. The predicted octanol–water partition coefficient (Wildman–Crippen LogP) is 4.39. The number of rotatable bonds is 6. The summed E-state index contributed by atoms with van der Waals surface area (Å²) in [6.07, 6.45) is 3.80. The van der Waals surface area contributed by atoms with E-state index < -0.39 is 0 Å². The van der Waals surface area contributed by atoms with Crippen molar-refractivity contribution in [1.29, 1.82) is 0 Å². The first kappa shape index (κ1) is 16.7. The molecule has 3 heteroatoms. The molecule has 0 saturated heterocycles. The van der Waals surface area contributed by atoms with Gasteiger partial charge in [0.15, 0.2) is 11.5 Å². The van der Waals surface area contributed by atoms with Gasteiger partial charge in [-0.2, -0.15) is 0 Å². The summed E-state index contributed by atoms with van der Waals surface area (Å²) in [6, 6.07) is 14.4. The Morgan fingerprint density at radius 3 is 2.04 bits per heavy atom. The van der Waals surface area contributed by atoms with Crippen molar-refractivity contribution in [2.24, 2.45) is 0 Å². The molecule has 2 aromatic carbocycles. The molecule has 3 nitrogen and oxygen atoms in total. The first-order valence-electron chi connectivity index (χ1n) is 7.43. The van der Waals surface area contributed by atoms with Crippen LogP contribution in [0.25, 0.3) is 5.57 Å². The fourth-order valence-electron chi connectivity index (χ4n) is 2.42. The third-order valence-electron chi connectivity index (χ3n) is 3.67. The van der Waals surface area contributed by atoms with E-state index in [9.17, 15) is 0 Å². The van der Waals surface area contributed by atoms with Gasteiger partial charge in [0, 0.05) is 19.8 Å². The Bertz CT molecular complexity index is 700. The molecule has 2 rings (SSSR count). The Balaban J connectivity index is 2.46. The number of nitrogens with zero attached hydrogens (tertiary/aromatic N) is 1. The molecule has 0 heterocycles. The lowest BCUT2D eigenvalue weighted by atomic mass is 9.96. The molecule has 23 heavy (non-hydrogen) atoms. The van der Waals surface area contributed by atoms with Crippen molar-refractivity contribution >= 4 is 11.3 Å². The molecule has 0 aliphatic rings. The summed E-state index contributed by atoms with van der Waals surface area (Å²) < 4.78 is 10.7. The standard InChI is InChI=1S/C20H23NO2/c1-6-7-18(15-8-11-17(12-9-15)21(2)3)16-10-13-19(22-4)20(14-16)23-5/h6-14H,1H2,2-5H3. The van der Waals surface area contributed by atoms with Gasteiger partial charge < -0.3 is 14.4 Å². The van der Waals surface area contributed by atoms with E-state index >= 15 is 0 Å². The molecule has 0 amide bonds. The van der Waals surface area contributed by atoms with E-state index in [2.05, 4.69) is 35.7 Å². The predicted molar refractivity (Wildman–Crippen MR) is 97.6 cm³/mol. The molecule has 0 spiro atoms. The minimum atomic E-state index is 0.713. The summed E-state index contributed by atoms with van der Waals surface area (Å²) in [4.78, 5) is 2.08. The van der Waals surface area contributed by atoms with Crippen LogP contribution in [0.15, 0.2) is 61.2 Å². The maximum absolute atomic E-state index is 5.41. The number of methoxy groups -OCH3 is 2. The van der Waals surface area contributed by atoms with Gasteiger partial charge in [0.1, 0.15) is 0 Å². The zero-order valence-electron chi connectivity index (χ0n) is 14.2. The molecule has 0 aliphatic heterocycles. The van der Waals surface area contributed by atoms with E-state index in [0.717, 1.165) is 22.4 Å². The zero-order chi connectivity index (χ0) is 16.8. The molecular weight excluding hydrogens is 286 g/mol. The normalized spacial score (nSPS) is 11.0. The number of hydrogen-bond acceptors (Lipinski definition) is 3. The lowest BCUT2D eigenvalue weighted by molar-refractivity contribution is 0.355. The van der Waals surface area contributed by atoms with Gasteiger partial charge in [-0.05, 0) is 41.0 Å². The molecule has 0 atom stereocenters. The number of anilines is 1. The quantitative estimate of drug-likeness (QED) is 0.739. The summed E-state index contributed by atoms with van der Waals surface area (Å²) in [6.45, 7) is 3.83. The van der Waals surface area contributed by atoms with Crippen LogP contribution >= 0.6 is 0 Å².